The van der Waals surface area contributed by atoms with E-state index >= 15 is 8.78 Å². The Morgan fingerprint density at radius 3 is 1.56 bits per heavy atom. The summed E-state index contributed by atoms with van der Waals surface area (Å²) in [6.45, 7) is 3.90. The van der Waals surface area contributed by atoms with E-state index in [0.29, 0.717) is 79.7 Å². The lowest BCUT2D eigenvalue weighted by atomic mass is 9.95. The average molecular weight is 1250 g/mol. The third-order valence-electron chi connectivity index (χ3n) is 14.0. The molecule has 2 aliphatic rings. The summed E-state index contributed by atoms with van der Waals surface area (Å²) >= 11 is -0.108. The number of aromatic carboxylic acids is 2. The molecule has 2 fully saturated rings. The number of aryl methyl sites for hydroxylation is 2. The van der Waals surface area contributed by atoms with Gasteiger partial charge in [-0.25, -0.2) is 46.5 Å². The first-order valence-electron chi connectivity index (χ1n) is 25.9. The van der Waals surface area contributed by atoms with Crippen LogP contribution in [0.3, 0.4) is 0 Å². The monoisotopic (exact) mass is 1250 g/mol. The highest BCUT2D eigenvalue weighted by Gasteiger charge is 2.32. The van der Waals surface area contributed by atoms with Gasteiger partial charge in [0.2, 0.25) is 10.3 Å². The molecule has 432 valence electrons. The van der Waals surface area contributed by atoms with E-state index in [9.17, 15) is 46.1 Å². The van der Waals surface area contributed by atoms with Crippen LogP contribution < -0.4 is 9.44 Å². The van der Waals surface area contributed by atoms with E-state index in [-0.39, 0.29) is 47.2 Å². The summed E-state index contributed by atoms with van der Waals surface area (Å²) in [6.07, 6.45) is 6.01. The van der Waals surface area contributed by atoms with Crippen LogP contribution in [-0.2, 0) is 48.2 Å². The van der Waals surface area contributed by atoms with Gasteiger partial charge < -0.3 is 28.8 Å². The Morgan fingerprint density at radius 1 is 0.607 bits per heavy atom. The highest BCUT2D eigenvalue weighted by Crippen LogP contribution is 2.43. The van der Waals surface area contributed by atoms with Crippen molar-refractivity contribution in [2.45, 2.75) is 65.2 Å². The maximum Gasteiger partial charge on any atom is 0.355 e. The number of nitrogens with zero attached hydrogens (tertiary/aromatic N) is 6. The molecule has 12 rings (SSSR count). The van der Waals surface area contributed by atoms with Crippen LogP contribution in [0, 0.1) is 49.0 Å². The normalized spacial score (nSPS) is 13.8. The second kappa shape index (κ2) is 24.6. The molecule has 26 heteroatoms. The molecule has 6 heterocycles. The smallest absolute Gasteiger partial charge is 0.355 e. The third kappa shape index (κ3) is 13.2. The summed E-state index contributed by atoms with van der Waals surface area (Å²) in [6, 6.07) is 25.7. The minimum atomic E-state index is -2.67. The van der Waals surface area contributed by atoms with Gasteiger partial charge in [-0.3, -0.25) is 8.42 Å². The zero-order chi connectivity index (χ0) is 59.1. The van der Waals surface area contributed by atoms with Crippen molar-refractivity contribution in [3.63, 3.8) is 0 Å². The topological polar surface area (TPSA) is 240 Å². The molecule has 0 saturated heterocycles. The lowest BCUT2D eigenvalue weighted by Gasteiger charge is -2.13. The first-order chi connectivity index (χ1) is 40.3. The molecule has 0 radical (unpaired) electrons. The largest absolute Gasteiger partial charge is 0.755 e. The SMILES string of the molecule is Cc1ccc(-c2cc(-c3c(Cc4ccc(NS(=O)[O-])c(F)c4)c(CC4CC4)nn3-c3nc(C(=O)O)cs3)ccc2F)s1.Cc1ccc(-c2cc(-c3nn(-c4nc(C(=O)O)cs4)c(CC4CC4)c3Cc3ccc(NS(=O)[O-])c(F)c3)ccc2F)s1. The highest BCUT2D eigenvalue weighted by molar-refractivity contribution is 7.80. The number of hydrogen-bond acceptors (Lipinski definition) is 14. The predicted octanol–water partition coefficient (Wildman–Crippen LogP) is 13.5. The fourth-order valence-corrected chi connectivity index (χ4v) is 13.6. The minimum Gasteiger partial charge on any atom is -0.755 e. The third-order valence-corrected chi connectivity index (χ3v) is 18.5. The van der Waals surface area contributed by atoms with Crippen LogP contribution in [0.4, 0.5) is 28.9 Å². The van der Waals surface area contributed by atoms with Crippen molar-refractivity contribution in [3.8, 4) is 53.7 Å². The molecule has 0 spiro atoms. The fraction of sp³-hybridized carbons (Fsp3) is 0.207. The van der Waals surface area contributed by atoms with E-state index in [1.807, 2.05) is 47.6 Å². The lowest BCUT2D eigenvalue weighted by Crippen LogP contribution is -2.07. The lowest BCUT2D eigenvalue weighted by molar-refractivity contribution is 0.0680. The number of aromatic nitrogens is 6. The summed E-state index contributed by atoms with van der Waals surface area (Å²) in [7, 11) is 0. The number of benzene rings is 4. The molecule has 84 heavy (non-hydrogen) atoms. The summed E-state index contributed by atoms with van der Waals surface area (Å²) in [5.41, 5.74) is 7.07. The fourth-order valence-electron chi connectivity index (χ4n) is 9.63. The number of anilines is 2. The van der Waals surface area contributed by atoms with Crippen LogP contribution in [-0.4, -0.2) is 69.2 Å². The summed E-state index contributed by atoms with van der Waals surface area (Å²) < 4.78 is 111. The minimum absolute atomic E-state index is 0.0935. The van der Waals surface area contributed by atoms with Crippen LogP contribution in [0.15, 0.2) is 108 Å². The van der Waals surface area contributed by atoms with E-state index < -0.39 is 46.1 Å². The number of halogens is 4. The van der Waals surface area contributed by atoms with Gasteiger partial charge in [-0.05, 0) is 160 Å². The van der Waals surface area contributed by atoms with E-state index in [4.69, 9.17) is 10.2 Å². The number of nitrogens with one attached hydrogen (secondary N) is 2. The number of thiophene rings is 2. The van der Waals surface area contributed by atoms with Gasteiger partial charge >= 0.3 is 11.9 Å². The second-order valence-electron chi connectivity index (χ2n) is 20.2. The molecule has 6 aromatic heterocycles. The van der Waals surface area contributed by atoms with E-state index in [2.05, 4.69) is 9.97 Å². The second-order valence-corrected chi connectivity index (χ2v) is 25.8. The van der Waals surface area contributed by atoms with Gasteiger partial charge in [-0.15, -0.1) is 45.3 Å². The molecule has 16 nitrogen and oxygen atoms in total. The average Bonchev–Trinajstić information content (AvgIpc) is 1.92. The van der Waals surface area contributed by atoms with Crippen molar-refractivity contribution >= 4 is 91.2 Å². The Kier molecular flexibility index (Phi) is 17.0. The van der Waals surface area contributed by atoms with Crippen LogP contribution >= 0.6 is 45.3 Å². The van der Waals surface area contributed by atoms with Crippen molar-refractivity contribution in [1.29, 1.82) is 0 Å². The first kappa shape index (κ1) is 58.2. The standard InChI is InChI=1S/2C29H24F2N4O4S3/c1-15-2-9-26(41-15)19-13-18(6-7-21(19)30)27-20(10-17-5-8-23(22(31)11-17)34-42(38)39)25(12-16-3-4-16)35(33-27)29-32-24(14-40-29)28(36)37;1-15-2-9-26(41-15)19-13-18(6-7-21(19)30)27-20(10-17-5-8-23(22(31)11-17)34-42(38)39)24(12-16-3-4-16)33-35(27)29-32-25(14-40-29)28(36)37/h2*2,5-9,11,13-14,16,34H,3-4,10,12H2,1H3,(H,36,37)(H,38,39)/p-2. The van der Waals surface area contributed by atoms with Gasteiger partial charge in [0.1, 0.15) is 23.3 Å². The van der Waals surface area contributed by atoms with Crippen molar-refractivity contribution in [3.05, 3.63) is 186 Å². The molecule has 4 N–H and O–H groups in total. The Labute approximate surface area is 498 Å². The Balaban J connectivity index is 0.000000175. The molecule has 0 amide bonds. The number of rotatable bonds is 20. The number of carbonyl (C=O) groups is 2. The Bertz CT molecular complexity index is 4150. The Morgan fingerprint density at radius 2 is 1.10 bits per heavy atom. The van der Waals surface area contributed by atoms with Crippen molar-refractivity contribution < 1.29 is 54.9 Å². The number of hydrogen-bond donors (Lipinski definition) is 4. The van der Waals surface area contributed by atoms with E-state index in [0.717, 1.165) is 90.4 Å². The van der Waals surface area contributed by atoms with Gasteiger partial charge in [0.05, 0.1) is 34.2 Å². The van der Waals surface area contributed by atoms with Crippen molar-refractivity contribution in [1.82, 2.24) is 29.5 Å². The van der Waals surface area contributed by atoms with Crippen LogP contribution in [0.2, 0.25) is 0 Å². The molecule has 2 saturated carbocycles. The molecule has 2 aliphatic carbocycles. The molecule has 2 atom stereocenters. The van der Waals surface area contributed by atoms with Crippen LogP contribution in [0.1, 0.15) is 90.1 Å². The number of thiazole rings is 2. The molecule has 2 unspecified atom stereocenters. The van der Waals surface area contributed by atoms with E-state index in [1.165, 1.54) is 69.8 Å². The molecule has 10 aromatic rings. The van der Waals surface area contributed by atoms with Gasteiger partial charge in [-0.1, -0.05) is 12.1 Å². The predicted molar refractivity (Wildman–Crippen MR) is 316 cm³/mol. The zero-order valence-electron chi connectivity index (χ0n) is 44.2. The summed E-state index contributed by atoms with van der Waals surface area (Å²) in [5.74, 6) is -3.65. The van der Waals surface area contributed by atoms with Crippen LogP contribution in [0.5, 0.6) is 0 Å². The zero-order valence-corrected chi connectivity index (χ0v) is 49.1. The number of carboxylic acid groups (broad SMARTS) is 2. The summed E-state index contributed by atoms with van der Waals surface area (Å²) in [4.78, 5) is 35.4. The summed E-state index contributed by atoms with van der Waals surface area (Å²) in [5, 5.41) is 32.4. The maximum absolute atomic E-state index is 15.1. The molecule has 4 aromatic carbocycles. The van der Waals surface area contributed by atoms with Crippen molar-refractivity contribution in [2.24, 2.45) is 11.8 Å². The molecular weight excluding hydrogens is 1210 g/mol. The molecule has 0 bridgehead atoms. The maximum atomic E-state index is 15.1. The van der Waals surface area contributed by atoms with Gasteiger partial charge in [0, 0.05) is 99.0 Å². The molecule has 0 aliphatic heterocycles. The van der Waals surface area contributed by atoms with E-state index in [1.54, 1.807) is 45.8 Å². The van der Waals surface area contributed by atoms with Crippen molar-refractivity contribution in [2.75, 3.05) is 9.44 Å². The van der Waals surface area contributed by atoms with Gasteiger partial charge in [-0.2, -0.15) is 10.2 Å². The molecular formula is C58H46F4N8O8S6-2. The quantitative estimate of drug-likeness (QED) is 0.0412. The van der Waals surface area contributed by atoms with Gasteiger partial charge in [0.25, 0.3) is 0 Å². The Hall–Kier alpha value is -7.56. The highest BCUT2D eigenvalue weighted by atomic mass is 32.2. The first-order valence-corrected chi connectivity index (χ1v) is 31.5. The van der Waals surface area contributed by atoms with Gasteiger partial charge in [0.15, 0.2) is 11.4 Å². The van der Waals surface area contributed by atoms with Crippen LogP contribution in [0.25, 0.3) is 53.7 Å². The number of carboxylic acids is 2.